The van der Waals surface area contributed by atoms with Crippen LogP contribution in [0.1, 0.15) is 21.9 Å². The first-order valence-corrected chi connectivity index (χ1v) is 10.3. The molecule has 0 saturated carbocycles. The van der Waals surface area contributed by atoms with Crippen LogP contribution in [0, 0.1) is 0 Å². The molecule has 0 saturated heterocycles. The quantitative estimate of drug-likeness (QED) is 0.294. The lowest BCUT2D eigenvalue weighted by atomic mass is 10.1. The van der Waals surface area contributed by atoms with Crippen LogP contribution < -0.4 is 0 Å². The Kier molecular flexibility index (Phi) is 5.50. The summed E-state index contributed by atoms with van der Waals surface area (Å²) in [5.41, 5.74) is 1.52. The van der Waals surface area contributed by atoms with Crippen LogP contribution in [0.5, 0.6) is 0 Å². The minimum Gasteiger partial charge on any atom is -0.452 e. The van der Waals surface area contributed by atoms with Gasteiger partial charge in [-0.05, 0) is 40.2 Å². The largest absolute Gasteiger partial charge is 0.452 e. The second-order valence-electron chi connectivity index (χ2n) is 6.09. The smallest absolute Gasteiger partial charge is 0.290 e. The van der Waals surface area contributed by atoms with Crippen LogP contribution in [0.15, 0.2) is 73.5 Å². The van der Waals surface area contributed by atoms with Crippen LogP contribution in [0.4, 0.5) is 0 Å². The number of thioether (sulfide) groups is 1. The Morgan fingerprint density at radius 3 is 2.64 bits per heavy atom. The van der Waals surface area contributed by atoms with Crippen molar-refractivity contribution in [2.75, 3.05) is 7.05 Å². The Morgan fingerprint density at radius 2 is 1.89 bits per heavy atom. The van der Waals surface area contributed by atoms with Gasteiger partial charge in [0.1, 0.15) is 11.3 Å². The van der Waals surface area contributed by atoms with Crippen molar-refractivity contribution >= 4 is 44.6 Å². The highest BCUT2D eigenvalue weighted by Crippen LogP contribution is 2.32. The minimum atomic E-state index is -0.201. The summed E-state index contributed by atoms with van der Waals surface area (Å²) < 4.78 is 12.1. The monoisotopic (exact) mass is 457 g/mol. The maximum absolute atomic E-state index is 13.1. The molecule has 0 bridgehead atoms. The number of carbonyl (C=O) groups is 1. The lowest BCUT2D eigenvalue weighted by molar-refractivity contribution is 0.0744. The lowest BCUT2D eigenvalue weighted by Crippen LogP contribution is -2.26. The van der Waals surface area contributed by atoms with Crippen LogP contribution in [-0.4, -0.2) is 27.8 Å². The molecule has 0 fully saturated rings. The van der Waals surface area contributed by atoms with Crippen molar-refractivity contribution in [2.45, 2.75) is 17.5 Å². The summed E-state index contributed by atoms with van der Waals surface area (Å²) in [5, 5.41) is 1.57. The van der Waals surface area contributed by atoms with Gasteiger partial charge in [0.15, 0.2) is 15.6 Å². The number of hydrogen-bond donors (Lipinski definition) is 0. The fraction of sp³-hybridized carbons (Fsp3) is 0.150. The maximum Gasteiger partial charge on any atom is 0.290 e. The number of nitrogens with zero attached hydrogens (tertiary/aromatic N) is 3. The third-order valence-electron chi connectivity index (χ3n) is 4.15. The fourth-order valence-electron chi connectivity index (χ4n) is 2.83. The zero-order valence-electron chi connectivity index (χ0n) is 15.0. The van der Waals surface area contributed by atoms with E-state index in [0.29, 0.717) is 39.2 Å². The average Bonchev–Trinajstić information content (AvgIpc) is 3.29. The first-order valence-electron chi connectivity index (χ1n) is 8.51. The summed E-state index contributed by atoms with van der Waals surface area (Å²) in [6.07, 6.45) is 3.40. The van der Waals surface area contributed by atoms with E-state index >= 15 is 0 Å². The lowest BCUT2D eigenvalue weighted by Gasteiger charge is -2.15. The van der Waals surface area contributed by atoms with Gasteiger partial charge in [0, 0.05) is 36.1 Å². The van der Waals surface area contributed by atoms with Gasteiger partial charge in [-0.1, -0.05) is 30.0 Å². The maximum atomic E-state index is 13.1. The fourth-order valence-corrected chi connectivity index (χ4v) is 4.00. The summed E-state index contributed by atoms with van der Waals surface area (Å²) in [6.45, 7) is 0.343. The van der Waals surface area contributed by atoms with E-state index in [0.717, 1.165) is 10.9 Å². The summed E-state index contributed by atoms with van der Waals surface area (Å²) in [6, 6.07) is 13.1. The number of halogens is 1. The van der Waals surface area contributed by atoms with Gasteiger partial charge >= 0.3 is 0 Å². The van der Waals surface area contributed by atoms with Crippen LogP contribution in [0.3, 0.4) is 0 Å². The molecule has 0 aliphatic heterocycles. The number of furan rings is 2. The van der Waals surface area contributed by atoms with Crippen LogP contribution in [0.25, 0.3) is 11.0 Å². The Bertz CT molecular complexity index is 1110. The van der Waals surface area contributed by atoms with E-state index in [1.807, 2.05) is 30.3 Å². The standard InChI is InChI=1S/C20H16BrN3O3S/c1-24(11-13-7-8-17(21)26-13)19(25)18-15(12-28-20-22-9-4-10-23-20)14-5-2-3-6-16(14)27-18/h2-10H,11-12H2,1H3. The van der Waals surface area contributed by atoms with Gasteiger partial charge in [-0.15, -0.1) is 0 Å². The van der Waals surface area contributed by atoms with E-state index in [9.17, 15) is 4.79 Å². The van der Waals surface area contributed by atoms with Crippen molar-refractivity contribution in [1.29, 1.82) is 0 Å². The normalized spacial score (nSPS) is 11.1. The molecule has 3 heterocycles. The Balaban J connectivity index is 1.62. The molecule has 0 aliphatic carbocycles. The van der Waals surface area contributed by atoms with Gasteiger partial charge in [0.25, 0.3) is 5.91 Å². The number of benzene rings is 1. The first kappa shape index (κ1) is 18.8. The second-order valence-corrected chi connectivity index (χ2v) is 7.82. The molecule has 0 atom stereocenters. The molecule has 0 N–H and O–H groups in total. The summed E-state index contributed by atoms with van der Waals surface area (Å²) in [5.74, 6) is 1.35. The van der Waals surface area contributed by atoms with Crippen molar-refractivity contribution in [3.63, 3.8) is 0 Å². The molecule has 28 heavy (non-hydrogen) atoms. The van der Waals surface area contributed by atoms with E-state index < -0.39 is 0 Å². The predicted octanol–water partition coefficient (Wildman–Crippen LogP) is 5.14. The van der Waals surface area contributed by atoms with Crippen LogP contribution >= 0.6 is 27.7 Å². The highest BCUT2D eigenvalue weighted by molar-refractivity contribution is 9.10. The molecule has 3 aromatic heterocycles. The van der Waals surface area contributed by atoms with Crippen molar-refractivity contribution < 1.29 is 13.6 Å². The average molecular weight is 458 g/mol. The molecule has 142 valence electrons. The Labute approximate surface area is 174 Å². The molecule has 0 spiro atoms. The molecule has 4 aromatic rings. The van der Waals surface area contributed by atoms with Gasteiger partial charge in [-0.2, -0.15) is 0 Å². The predicted molar refractivity (Wildman–Crippen MR) is 110 cm³/mol. The van der Waals surface area contributed by atoms with Crippen molar-refractivity contribution in [2.24, 2.45) is 0 Å². The van der Waals surface area contributed by atoms with Gasteiger partial charge in [0.05, 0.1) is 6.54 Å². The van der Waals surface area contributed by atoms with Gasteiger partial charge in [-0.25, -0.2) is 9.97 Å². The summed E-state index contributed by atoms with van der Waals surface area (Å²) >= 11 is 4.74. The molecule has 4 rings (SSSR count). The van der Waals surface area contributed by atoms with Gasteiger partial charge < -0.3 is 13.7 Å². The molecule has 0 radical (unpaired) electrons. The number of para-hydroxylation sites is 1. The molecular formula is C20H16BrN3O3S. The molecule has 1 aromatic carbocycles. The third-order valence-corrected chi connectivity index (χ3v) is 5.48. The summed E-state index contributed by atoms with van der Waals surface area (Å²) in [4.78, 5) is 23.1. The number of fused-ring (bicyclic) bond motifs is 1. The molecule has 0 aliphatic rings. The third kappa shape index (κ3) is 3.98. The Hall–Kier alpha value is -2.58. The number of carbonyl (C=O) groups excluding carboxylic acids is 1. The minimum absolute atomic E-state index is 0.201. The number of rotatable bonds is 6. The van der Waals surface area contributed by atoms with E-state index in [1.54, 1.807) is 36.5 Å². The van der Waals surface area contributed by atoms with E-state index in [4.69, 9.17) is 8.83 Å². The topological polar surface area (TPSA) is 72.4 Å². The molecule has 8 heteroatoms. The van der Waals surface area contributed by atoms with Crippen molar-refractivity contribution in [3.05, 3.63) is 76.6 Å². The van der Waals surface area contributed by atoms with Crippen molar-refractivity contribution in [1.82, 2.24) is 14.9 Å². The van der Waals surface area contributed by atoms with E-state index in [-0.39, 0.29) is 5.91 Å². The van der Waals surface area contributed by atoms with Crippen molar-refractivity contribution in [3.8, 4) is 0 Å². The second kappa shape index (κ2) is 8.20. The van der Waals surface area contributed by atoms with Gasteiger partial charge in [0.2, 0.25) is 0 Å². The first-order chi connectivity index (χ1) is 13.6. The van der Waals surface area contributed by atoms with Crippen LogP contribution in [0.2, 0.25) is 0 Å². The Morgan fingerprint density at radius 1 is 1.11 bits per heavy atom. The number of hydrogen-bond acceptors (Lipinski definition) is 6. The van der Waals surface area contributed by atoms with Crippen LogP contribution in [-0.2, 0) is 12.3 Å². The zero-order chi connectivity index (χ0) is 19.5. The summed E-state index contributed by atoms with van der Waals surface area (Å²) in [7, 11) is 1.73. The molecule has 1 amide bonds. The molecule has 6 nitrogen and oxygen atoms in total. The molecule has 0 unspecified atom stereocenters. The van der Waals surface area contributed by atoms with E-state index in [1.165, 1.54) is 11.8 Å². The number of aromatic nitrogens is 2. The van der Waals surface area contributed by atoms with Gasteiger partial charge in [-0.3, -0.25) is 4.79 Å². The molecular weight excluding hydrogens is 442 g/mol. The van der Waals surface area contributed by atoms with E-state index in [2.05, 4.69) is 25.9 Å². The highest BCUT2D eigenvalue weighted by atomic mass is 79.9. The number of amides is 1. The SMILES string of the molecule is CN(Cc1ccc(Br)o1)C(=O)c1oc2ccccc2c1CSc1ncccn1. The highest BCUT2D eigenvalue weighted by Gasteiger charge is 2.24. The zero-order valence-corrected chi connectivity index (χ0v) is 17.4.